The lowest BCUT2D eigenvalue weighted by Crippen LogP contribution is -2.45. The highest BCUT2D eigenvalue weighted by Crippen LogP contribution is 2.27. The van der Waals surface area contributed by atoms with E-state index in [0.29, 0.717) is 10.1 Å². The van der Waals surface area contributed by atoms with Crippen LogP contribution in [0.3, 0.4) is 0 Å². The Hall–Kier alpha value is -1.62. The molecule has 2 aromatic carbocycles. The van der Waals surface area contributed by atoms with Crippen molar-refractivity contribution in [2.24, 2.45) is 0 Å². The standard InChI is InChI=1S/C15H14ClN3S/c1-15(11-5-3-2-4-6-11)17-14(20)19(18-15)13-9-7-12(16)8-10-13/h2-10,18H,1H3,(H,17,20)/t15-/m0/s1. The number of hydrogen-bond acceptors (Lipinski definition) is 2. The molecule has 0 spiro atoms. The van der Waals surface area contributed by atoms with Crippen molar-refractivity contribution in [1.82, 2.24) is 10.7 Å². The molecule has 1 heterocycles. The normalized spacial score (nSPS) is 21.9. The zero-order chi connectivity index (χ0) is 14.2. The molecule has 0 radical (unpaired) electrons. The molecule has 2 aromatic rings. The van der Waals surface area contributed by atoms with Gasteiger partial charge in [-0.25, -0.2) is 5.01 Å². The lowest BCUT2D eigenvalue weighted by atomic mass is 10.0. The van der Waals surface area contributed by atoms with Gasteiger partial charge >= 0.3 is 0 Å². The third-order valence-electron chi connectivity index (χ3n) is 3.33. The van der Waals surface area contributed by atoms with E-state index in [4.69, 9.17) is 23.8 Å². The first-order valence-electron chi connectivity index (χ1n) is 6.30. The van der Waals surface area contributed by atoms with Crippen molar-refractivity contribution in [1.29, 1.82) is 0 Å². The molecule has 3 rings (SSSR count). The Bertz CT molecular complexity index is 629. The fraction of sp³-hybridized carbons (Fsp3) is 0.133. The second-order valence-corrected chi connectivity index (χ2v) is 5.67. The highest BCUT2D eigenvalue weighted by Gasteiger charge is 2.37. The summed E-state index contributed by atoms with van der Waals surface area (Å²) in [5, 5.41) is 6.53. The summed E-state index contributed by atoms with van der Waals surface area (Å²) in [5.74, 6) is 0. The molecule has 2 N–H and O–H groups in total. The number of nitrogens with one attached hydrogen (secondary N) is 2. The van der Waals surface area contributed by atoms with Crippen molar-refractivity contribution < 1.29 is 0 Å². The zero-order valence-electron chi connectivity index (χ0n) is 10.9. The molecule has 0 amide bonds. The van der Waals surface area contributed by atoms with Crippen LogP contribution in [0.15, 0.2) is 54.6 Å². The molecular weight excluding hydrogens is 290 g/mol. The monoisotopic (exact) mass is 303 g/mol. The molecule has 1 fully saturated rings. The second-order valence-electron chi connectivity index (χ2n) is 4.84. The summed E-state index contributed by atoms with van der Waals surface area (Å²) in [6, 6.07) is 17.7. The third-order valence-corrected chi connectivity index (χ3v) is 3.87. The third kappa shape index (κ3) is 2.38. The lowest BCUT2D eigenvalue weighted by molar-refractivity contribution is 0.390. The van der Waals surface area contributed by atoms with Gasteiger partial charge in [-0.15, -0.1) is 0 Å². The van der Waals surface area contributed by atoms with Crippen LogP contribution in [0.5, 0.6) is 0 Å². The molecule has 0 saturated carbocycles. The summed E-state index contributed by atoms with van der Waals surface area (Å²) in [6.07, 6.45) is 0. The van der Waals surface area contributed by atoms with E-state index in [1.807, 2.05) is 47.5 Å². The van der Waals surface area contributed by atoms with Crippen LogP contribution in [0.1, 0.15) is 12.5 Å². The number of nitrogens with zero attached hydrogens (tertiary/aromatic N) is 1. The van der Waals surface area contributed by atoms with Gasteiger partial charge in [0.2, 0.25) is 0 Å². The van der Waals surface area contributed by atoms with Gasteiger partial charge in [0, 0.05) is 5.02 Å². The first-order chi connectivity index (χ1) is 9.58. The van der Waals surface area contributed by atoms with Crippen molar-refractivity contribution in [3.63, 3.8) is 0 Å². The Balaban J connectivity index is 1.90. The van der Waals surface area contributed by atoms with Crippen molar-refractivity contribution in [3.05, 3.63) is 65.2 Å². The van der Waals surface area contributed by atoms with Gasteiger partial charge in [0.05, 0.1) is 5.69 Å². The second kappa shape index (κ2) is 5.05. The van der Waals surface area contributed by atoms with Crippen molar-refractivity contribution in [3.8, 4) is 0 Å². The maximum Gasteiger partial charge on any atom is 0.190 e. The zero-order valence-corrected chi connectivity index (χ0v) is 12.5. The van der Waals surface area contributed by atoms with Crippen LogP contribution in [-0.2, 0) is 5.66 Å². The number of halogens is 1. The van der Waals surface area contributed by atoms with E-state index in [9.17, 15) is 0 Å². The van der Waals surface area contributed by atoms with E-state index in [1.54, 1.807) is 0 Å². The molecule has 102 valence electrons. The van der Waals surface area contributed by atoms with Crippen LogP contribution in [0, 0.1) is 0 Å². The minimum absolute atomic E-state index is 0.419. The van der Waals surface area contributed by atoms with Crippen LogP contribution in [0.25, 0.3) is 0 Å². The van der Waals surface area contributed by atoms with Crippen molar-refractivity contribution in [2.45, 2.75) is 12.6 Å². The molecule has 5 heteroatoms. The number of rotatable bonds is 2. The summed E-state index contributed by atoms with van der Waals surface area (Å²) >= 11 is 11.3. The van der Waals surface area contributed by atoms with Crippen LogP contribution in [0.2, 0.25) is 5.02 Å². The maximum atomic E-state index is 5.92. The van der Waals surface area contributed by atoms with Crippen molar-refractivity contribution in [2.75, 3.05) is 5.01 Å². The lowest BCUT2D eigenvalue weighted by Gasteiger charge is -2.26. The van der Waals surface area contributed by atoms with Gasteiger partial charge in [-0.1, -0.05) is 41.9 Å². The first-order valence-corrected chi connectivity index (χ1v) is 7.08. The number of hydrogen-bond donors (Lipinski definition) is 2. The molecule has 1 aliphatic rings. The summed E-state index contributed by atoms with van der Waals surface area (Å²) in [7, 11) is 0. The van der Waals surface area contributed by atoms with Gasteiger partial charge in [-0.2, -0.15) is 5.43 Å². The van der Waals surface area contributed by atoms with Gasteiger partial charge in [-0.3, -0.25) is 0 Å². The number of hydrazine groups is 1. The largest absolute Gasteiger partial charge is 0.338 e. The summed E-state index contributed by atoms with van der Waals surface area (Å²) < 4.78 is 0. The van der Waals surface area contributed by atoms with Crippen LogP contribution < -0.4 is 15.8 Å². The Morgan fingerprint density at radius 1 is 1.05 bits per heavy atom. The van der Waals surface area contributed by atoms with Gasteiger partial charge in [-0.05, 0) is 49.0 Å². The molecule has 1 aliphatic heterocycles. The van der Waals surface area contributed by atoms with Gasteiger partial charge in [0.1, 0.15) is 5.66 Å². The van der Waals surface area contributed by atoms with Gasteiger partial charge in [0.25, 0.3) is 0 Å². The molecule has 1 saturated heterocycles. The smallest absolute Gasteiger partial charge is 0.190 e. The van der Waals surface area contributed by atoms with Crippen LogP contribution in [-0.4, -0.2) is 5.11 Å². The SMILES string of the molecule is C[C@]1(c2ccccc2)NC(=S)N(c2ccc(Cl)cc2)N1. The molecule has 0 bridgehead atoms. The fourth-order valence-corrected chi connectivity index (χ4v) is 2.73. The fourth-order valence-electron chi connectivity index (χ4n) is 2.25. The Labute approximate surface area is 128 Å². The van der Waals surface area contributed by atoms with E-state index in [1.165, 1.54) is 0 Å². The maximum absolute atomic E-state index is 5.92. The van der Waals surface area contributed by atoms with Gasteiger partial charge in [0.15, 0.2) is 5.11 Å². The van der Waals surface area contributed by atoms with E-state index in [2.05, 4.69) is 29.8 Å². The summed E-state index contributed by atoms with van der Waals surface area (Å²) in [6.45, 7) is 2.06. The number of anilines is 1. The molecule has 1 atom stereocenters. The summed E-state index contributed by atoms with van der Waals surface area (Å²) in [5.41, 5.74) is 5.06. The summed E-state index contributed by atoms with van der Waals surface area (Å²) in [4.78, 5) is 0. The predicted octanol–water partition coefficient (Wildman–Crippen LogP) is 3.41. The Kier molecular flexibility index (Phi) is 3.38. The average molecular weight is 304 g/mol. The number of thiocarbonyl (C=S) groups is 1. The highest BCUT2D eigenvalue weighted by molar-refractivity contribution is 7.80. The van der Waals surface area contributed by atoms with Crippen LogP contribution in [0.4, 0.5) is 5.69 Å². The molecule has 0 aliphatic carbocycles. The minimum atomic E-state index is -0.419. The minimum Gasteiger partial charge on any atom is -0.338 e. The highest BCUT2D eigenvalue weighted by atomic mass is 35.5. The van der Waals surface area contributed by atoms with E-state index < -0.39 is 5.66 Å². The van der Waals surface area contributed by atoms with E-state index in [0.717, 1.165) is 11.3 Å². The Morgan fingerprint density at radius 3 is 2.35 bits per heavy atom. The van der Waals surface area contributed by atoms with Crippen LogP contribution >= 0.6 is 23.8 Å². The molecule has 0 unspecified atom stereocenters. The number of benzene rings is 2. The Morgan fingerprint density at radius 2 is 1.70 bits per heavy atom. The molecule has 3 nitrogen and oxygen atoms in total. The molecule has 0 aromatic heterocycles. The average Bonchev–Trinajstić information content (AvgIpc) is 2.77. The quantitative estimate of drug-likeness (QED) is 0.832. The molecular formula is C15H14ClN3S. The molecule has 20 heavy (non-hydrogen) atoms. The van der Waals surface area contributed by atoms with Crippen molar-refractivity contribution >= 4 is 34.6 Å². The van der Waals surface area contributed by atoms with Gasteiger partial charge < -0.3 is 5.32 Å². The van der Waals surface area contributed by atoms with E-state index in [-0.39, 0.29) is 0 Å². The topological polar surface area (TPSA) is 27.3 Å². The first kappa shape index (κ1) is 13.4. The predicted molar refractivity (Wildman–Crippen MR) is 86.6 cm³/mol. The van der Waals surface area contributed by atoms with E-state index >= 15 is 0 Å².